The molecule has 3 heteroatoms. The summed E-state index contributed by atoms with van der Waals surface area (Å²) in [4.78, 5) is 2.43. The molecule has 1 saturated heterocycles. The third-order valence-electron chi connectivity index (χ3n) is 3.36. The number of ether oxygens (including phenoxy) is 1. The van der Waals surface area contributed by atoms with Crippen LogP contribution in [0.1, 0.15) is 27.2 Å². The maximum absolute atomic E-state index is 9.67. The number of aliphatic hydroxyl groups is 1. The molecule has 1 N–H and O–H groups in total. The number of nitrogens with zero attached hydrogens (tertiary/aromatic N) is 1. The van der Waals surface area contributed by atoms with Crippen molar-refractivity contribution in [2.45, 2.75) is 33.3 Å². The molecule has 1 rings (SSSR count). The molecular formula is C12H25NO2. The van der Waals surface area contributed by atoms with E-state index in [2.05, 4.69) is 18.7 Å². The van der Waals surface area contributed by atoms with Gasteiger partial charge in [0.2, 0.25) is 0 Å². The minimum Gasteiger partial charge on any atom is -0.393 e. The van der Waals surface area contributed by atoms with Gasteiger partial charge in [-0.15, -0.1) is 0 Å². The molecule has 0 radical (unpaired) electrons. The van der Waals surface area contributed by atoms with E-state index < -0.39 is 0 Å². The molecule has 1 aliphatic rings. The Bertz CT molecular complexity index is 157. The van der Waals surface area contributed by atoms with Crippen molar-refractivity contribution >= 4 is 0 Å². The second-order valence-corrected chi connectivity index (χ2v) is 4.89. The van der Waals surface area contributed by atoms with Crippen molar-refractivity contribution in [3.05, 3.63) is 0 Å². The number of aliphatic hydroxyl groups excluding tert-OH is 1. The molecule has 3 nitrogen and oxygen atoms in total. The molecule has 0 spiro atoms. The first-order valence-electron chi connectivity index (χ1n) is 6.09. The lowest BCUT2D eigenvalue weighted by atomic mass is 9.88. The van der Waals surface area contributed by atoms with Crippen LogP contribution in [0.25, 0.3) is 0 Å². The van der Waals surface area contributed by atoms with Crippen molar-refractivity contribution < 1.29 is 9.84 Å². The standard InChI is InChI=1S/C12H25NO2/c1-10(2)12(11(3)14)4-5-13-6-8-15-9-7-13/h10-12,14H,4-9H2,1-3H3. The summed E-state index contributed by atoms with van der Waals surface area (Å²) in [6, 6.07) is 0. The zero-order chi connectivity index (χ0) is 11.3. The van der Waals surface area contributed by atoms with Gasteiger partial charge in [0.15, 0.2) is 0 Å². The summed E-state index contributed by atoms with van der Waals surface area (Å²) >= 11 is 0. The van der Waals surface area contributed by atoms with Crippen molar-refractivity contribution in [3.63, 3.8) is 0 Å². The van der Waals surface area contributed by atoms with Crippen molar-refractivity contribution in [1.82, 2.24) is 4.90 Å². The predicted octanol–water partition coefficient (Wildman–Crippen LogP) is 1.36. The highest BCUT2D eigenvalue weighted by atomic mass is 16.5. The van der Waals surface area contributed by atoms with E-state index in [4.69, 9.17) is 4.74 Å². The van der Waals surface area contributed by atoms with Crippen LogP contribution in [0.15, 0.2) is 0 Å². The summed E-state index contributed by atoms with van der Waals surface area (Å²) in [5, 5.41) is 9.67. The van der Waals surface area contributed by atoms with E-state index in [9.17, 15) is 5.11 Å². The Kier molecular flexibility index (Phi) is 5.58. The van der Waals surface area contributed by atoms with Crippen LogP contribution in [-0.2, 0) is 4.74 Å². The van der Waals surface area contributed by atoms with E-state index in [1.807, 2.05) is 6.92 Å². The van der Waals surface area contributed by atoms with Gasteiger partial charge in [-0.05, 0) is 31.7 Å². The van der Waals surface area contributed by atoms with Crippen LogP contribution in [0.2, 0.25) is 0 Å². The van der Waals surface area contributed by atoms with E-state index in [1.165, 1.54) is 0 Å². The fraction of sp³-hybridized carbons (Fsp3) is 1.00. The molecule has 0 aromatic rings. The summed E-state index contributed by atoms with van der Waals surface area (Å²) in [5.41, 5.74) is 0. The molecule has 1 fully saturated rings. The largest absolute Gasteiger partial charge is 0.393 e. The summed E-state index contributed by atoms with van der Waals surface area (Å²) in [5.74, 6) is 0.985. The molecule has 1 aliphatic heterocycles. The Labute approximate surface area is 93.4 Å². The quantitative estimate of drug-likeness (QED) is 0.751. The molecule has 0 bridgehead atoms. The fourth-order valence-corrected chi connectivity index (χ4v) is 2.29. The minimum absolute atomic E-state index is 0.189. The first-order chi connectivity index (χ1) is 7.11. The molecular weight excluding hydrogens is 190 g/mol. The molecule has 0 aliphatic carbocycles. The predicted molar refractivity (Wildman–Crippen MR) is 61.9 cm³/mol. The van der Waals surface area contributed by atoms with Crippen LogP contribution in [0.3, 0.4) is 0 Å². The van der Waals surface area contributed by atoms with Gasteiger partial charge in [0.1, 0.15) is 0 Å². The second kappa shape index (κ2) is 6.46. The van der Waals surface area contributed by atoms with Gasteiger partial charge < -0.3 is 9.84 Å². The van der Waals surface area contributed by atoms with Gasteiger partial charge in [0, 0.05) is 13.1 Å². The second-order valence-electron chi connectivity index (χ2n) is 4.89. The molecule has 90 valence electrons. The molecule has 2 atom stereocenters. The van der Waals surface area contributed by atoms with Gasteiger partial charge in [-0.25, -0.2) is 0 Å². The average molecular weight is 215 g/mol. The van der Waals surface area contributed by atoms with Crippen molar-refractivity contribution in [2.75, 3.05) is 32.8 Å². The maximum atomic E-state index is 9.67. The van der Waals surface area contributed by atoms with Gasteiger partial charge in [-0.2, -0.15) is 0 Å². The monoisotopic (exact) mass is 215 g/mol. The van der Waals surface area contributed by atoms with Crippen LogP contribution in [0, 0.1) is 11.8 Å². The Balaban J connectivity index is 2.26. The Morgan fingerprint density at radius 3 is 2.27 bits per heavy atom. The van der Waals surface area contributed by atoms with Gasteiger partial charge in [0.05, 0.1) is 19.3 Å². The summed E-state index contributed by atoms with van der Waals surface area (Å²) in [6.45, 7) is 11.2. The smallest absolute Gasteiger partial charge is 0.0594 e. The highest BCUT2D eigenvalue weighted by Gasteiger charge is 2.20. The van der Waals surface area contributed by atoms with Gasteiger partial charge in [-0.3, -0.25) is 4.90 Å². The third-order valence-corrected chi connectivity index (χ3v) is 3.36. The number of hydrogen-bond acceptors (Lipinski definition) is 3. The minimum atomic E-state index is -0.189. The van der Waals surface area contributed by atoms with Crippen LogP contribution in [-0.4, -0.2) is 49.0 Å². The van der Waals surface area contributed by atoms with Crippen molar-refractivity contribution in [1.29, 1.82) is 0 Å². The van der Waals surface area contributed by atoms with E-state index >= 15 is 0 Å². The SMILES string of the molecule is CC(C)C(CCN1CCOCC1)C(C)O. The fourth-order valence-electron chi connectivity index (χ4n) is 2.29. The van der Waals surface area contributed by atoms with E-state index in [1.54, 1.807) is 0 Å². The zero-order valence-electron chi connectivity index (χ0n) is 10.3. The lowest BCUT2D eigenvalue weighted by molar-refractivity contribution is 0.0261. The number of morpholine rings is 1. The molecule has 0 aromatic heterocycles. The first kappa shape index (κ1) is 12.9. The molecule has 0 amide bonds. The molecule has 2 unspecified atom stereocenters. The topological polar surface area (TPSA) is 32.7 Å². The average Bonchev–Trinajstić information content (AvgIpc) is 2.18. The van der Waals surface area contributed by atoms with E-state index in [0.717, 1.165) is 39.3 Å². The van der Waals surface area contributed by atoms with E-state index in [0.29, 0.717) is 11.8 Å². The molecule has 0 saturated carbocycles. The highest BCUT2D eigenvalue weighted by molar-refractivity contribution is 4.71. The van der Waals surface area contributed by atoms with Gasteiger partial charge in [-0.1, -0.05) is 13.8 Å². The van der Waals surface area contributed by atoms with Crippen molar-refractivity contribution in [3.8, 4) is 0 Å². The lowest BCUT2D eigenvalue weighted by Gasteiger charge is -2.30. The van der Waals surface area contributed by atoms with E-state index in [-0.39, 0.29) is 6.10 Å². The van der Waals surface area contributed by atoms with Gasteiger partial charge in [0.25, 0.3) is 0 Å². The van der Waals surface area contributed by atoms with Crippen LogP contribution < -0.4 is 0 Å². The maximum Gasteiger partial charge on any atom is 0.0594 e. The Morgan fingerprint density at radius 2 is 1.80 bits per heavy atom. The van der Waals surface area contributed by atoms with Crippen LogP contribution in [0.4, 0.5) is 0 Å². The summed E-state index contributed by atoms with van der Waals surface area (Å²) in [6.07, 6.45) is 0.904. The Morgan fingerprint density at radius 1 is 1.20 bits per heavy atom. The van der Waals surface area contributed by atoms with Crippen LogP contribution in [0.5, 0.6) is 0 Å². The first-order valence-corrected chi connectivity index (χ1v) is 6.09. The normalized spacial score (nSPS) is 23.0. The highest BCUT2D eigenvalue weighted by Crippen LogP contribution is 2.20. The number of hydrogen-bond donors (Lipinski definition) is 1. The van der Waals surface area contributed by atoms with Crippen molar-refractivity contribution in [2.24, 2.45) is 11.8 Å². The van der Waals surface area contributed by atoms with Gasteiger partial charge >= 0.3 is 0 Å². The summed E-state index contributed by atoms with van der Waals surface area (Å²) < 4.78 is 5.31. The lowest BCUT2D eigenvalue weighted by Crippen LogP contribution is -2.38. The third kappa shape index (κ3) is 4.49. The number of rotatable bonds is 5. The van der Waals surface area contributed by atoms with Crippen LogP contribution >= 0.6 is 0 Å². The Hall–Kier alpha value is -0.120. The molecule has 0 aromatic carbocycles. The zero-order valence-corrected chi connectivity index (χ0v) is 10.3. The molecule has 1 heterocycles. The summed E-state index contributed by atoms with van der Waals surface area (Å²) in [7, 11) is 0. The molecule has 15 heavy (non-hydrogen) atoms.